The molecular weight excluding hydrogens is 567 g/mol. The topological polar surface area (TPSA) is 117 Å². The number of nitrogens with zero attached hydrogens (tertiary/aromatic N) is 4. The molecule has 0 atom stereocenters. The van der Waals surface area contributed by atoms with Crippen molar-refractivity contribution in [1.82, 2.24) is 19.7 Å². The van der Waals surface area contributed by atoms with Gasteiger partial charge >= 0.3 is 29.6 Å². The minimum absolute atomic E-state index is 0. The van der Waals surface area contributed by atoms with E-state index < -0.39 is 11.6 Å². The number of hydrogen-bond acceptors (Lipinski definition) is 7. The number of aromatic carboxylic acids is 1. The molecule has 0 radical (unpaired) electrons. The maximum Gasteiger partial charge on any atom is 1.00 e. The van der Waals surface area contributed by atoms with E-state index in [9.17, 15) is 19.5 Å². The van der Waals surface area contributed by atoms with Crippen LogP contribution in [0.1, 0.15) is 56.0 Å². The maximum atomic E-state index is 13.5. The Balaban J connectivity index is 0.00000343. The van der Waals surface area contributed by atoms with Gasteiger partial charge in [0, 0.05) is 60.4 Å². The van der Waals surface area contributed by atoms with E-state index in [0.717, 1.165) is 22.3 Å². The average molecular weight is 595 g/mol. The molecule has 0 unspecified atom stereocenters. The largest absolute Gasteiger partial charge is 1.00 e. The second kappa shape index (κ2) is 11.6. The van der Waals surface area contributed by atoms with E-state index in [-0.39, 0.29) is 53.2 Å². The molecule has 0 saturated carbocycles. The number of ketones is 1. The third-order valence-corrected chi connectivity index (χ3v) is 8.47. The molecule has 1 spiro atoms. The van der Waals surface area contributed by atoms with Crippen LogP contribution in [0.3, 0.4) is 0 Å². The number of carboxylic acids is 1. The van der Waals surface area contributed by atoms with Gasteiger partial charge < -0.3 is 19.5 Å². The molecule has 214 valence electrons. The number of rotatable bonds is 4. The number of Topliss-reactive ketones (excluding diaryl/α,β-unsaturated/α-hetero) is 1. The molecule has 3 aromatic carbocycles. The van der Waals surface area contributed by atoms with Gasteiger partial charge in [-0.2, -0.15) is 5.10 Å². The number of pyridine rings is 1. The number of para-hydroxylation sites is 1. The van der Waals surface area contributed by atoms with Crippen LogP contribution in [0.5, 0.6) is 5.75 Å². The maximum absolute atomic E-state index is 13.5. The molecule has 10 heteroatoms. The molecule has 2 aliphatic rings. The van der Waals surface area contributed by atoms with Gasteiger partial charge in [0.1, 0.15) is 11.4 Å². The van der Waals surface area contributed by atoms with Crippen molar-refractivity contribution >= 4 is 28.6 Å². The van der Waals surface area contributed by atoms with Crippen molar-refractivity contribution in [2.24, 2.45) is 0 Å². The summed E-state index contributed by atoms with van der Waals surface area (Å²) in [6.07, 6.45) is 4.07. The van der Waals surface area contributed by atoms with Crippen LogP contribution < -0.4 is 39.4 Å². The summed E-state index contributed by atoms with van der Waals surface area (Å²) in [4.78, 5) is 43.9. The number of carboxylic acid groups (broad SMARTS) is 1. The van der Waals surface area contributed by atoms with E-state index in [1.54, 1.807) is 24.4 Å². The Kier molecular flexibility index (Phi) is 7.88. The van der Waals surface area contributed by atoms with Gasteiger partial charge in [-0.15, -0.1) is 0 Å². The molecule has 1 fully saturated rings. The van der Waals surface area contributed by atoms with E-state index >= 15 is 0 Å². The van der Waals surface area contributed by atoms with Gasteiger partial charge in [-0.05, 0) is 61.0 Å². The number of carbonyl (C=O) groups excluding carboxylic acids is 3. The molecular formula is C34H27N4NaO5. The summed E-state index contributed by atoms with van der Waals surface area (Å²) in [5.41, 5.74) is 4.36. The predicted molar refractivity (Wildman–Crippen MR) is 157 cm³/mol. The number of amides is 1. The molecule has 4 heterocycles. The van der Waals surface area contributed by atoms with Crippen LogP contribution in [0.25, 0.3) is 27.7 Å². The SMILES string of the molecule is Cc1nn(-c2ccccc2)c2ccc(C(=O)N3CCC4(CC3)CC(=O)c3cc(-c5cncc(C(=O)[O-])c5)ccc3O4)cc12.[Na+]. The fourth-order valence-electron chi connectivity index (χ4n) is 6.13. The molecule has 44 heavy (non-hydrogen) atoms. The number of hydrogen-bond donors (Lipinski definition) is 0. The molecule has 5 aromatic rings. The van der Waals surface area contributed by atoms with Crippen molar-refractivity contribution in [3.8, 4) is 22.6 Å². The third kappa shape index (κ3) is 5.32. The van der Waals surface area contributed by atoms with Crippen molar-refractivity contribution in [2.45, 2.75) is 31.8 Å². The number of carbonyl (C=O) groups is 3. The molecule has 1 amide bonds. The molecule has 2 aromatic heterocycles. The fourth-order valence-corrected chi connectivity index (χ4v) is 6.13. The summed E-state index contributed by atoms with van der Waals surface area (Å²) in [6, 6.07) is 22.3. The predicted octanol–water partition coefficient (Wildman–Crippen LogP) is 1.40. The quantitative estimate of drug-likeness (QED) is 0.289. The first-order chi connectivity index (χ1) is 20.8. The summed E-state index contributed by atoms with van der Waals surface area (Å²) in [7, 11) is 0. The molecule has 1 saturated heterocycles. The number of fused-ring (bicyclic) bond motifs is 2. The third-order valence-electron chi connectivity index (χ3n) is 8.47. The molecule has 7 rings (SSSR count). The zero-order valence-electron chi connectivity index (χ0n) is 24.4. The average Bonchev–Trinajstić information content (AvgIpc) is 3.37. The smallest absolute Gasteiger partial charge is 0.545 e. The molecule has 9 nitrogen and oxygen atoms in total. The van der Waals surface area contributed by atoms with Gasteiger partial charge in [0.05, 0.1) is 34.9 Å². The van der Waals surface area contributed by atoms with Gasteiger partial charge in [-0.3, -0.25) is 14.6 Å². The molecule has 0 aliphatic carbocycles. The Bertz CT molecular complexity index is 1930. The monoisotopic (exact) mass is 594 g/mol. The first-order valence-electron chi connectivity index (χ1n) is 14.2. The van der Waals surface area contributed by atoms with Gasteiger partial charge in [0.15, 0.2) is 5.78 Å². The number of likely N-dealkylation sites (tertiary alicyclic amines) is 1. The Hall–Kier alpha value is -4.31. The van der Waals surface area contributed by atoms with Gasteiger partial charge in [-0.1, -0.05) is 24.3 Å². The van der Waals surface area contributed by atoms with Crippen LogP contribution >= 0.6 is 0 Å². The van der Waals surface area contributed by atoms with Crippen LogP contribution in [0.2, 0.25) is 0 Å². The number of aromatic nitrogens is 3. The molecule has 0 bridgehead atoms. The minimum atomic E-state index is -1.31. The summed E-state index contributed by atoms with van der Waals surface area (Å²) in [6.45, 7) is 2.89. The van der Waals surface area contributed by atoms with Crippen molar-refractivity contribution in [3.05, 3.63) is 108 Å². The fraction of sp³-hybridized carbons (Fsp3) is 0.206. The normalized spacial score (nSPS) is 15.4. The van der Waals surface area contributed by atoms with Crippen molar-refractivity contribution in [1.29, 1.82) is 0 Å². The van der Waals surface area contributed by atoms with Crippen LogP contribution in [-0.2, 0) is 0 Å². The van der Waals surface area contributed by atoms with Crippen molar-refractivity contribution < 1.29 is 53.8 Å². The number of benzene rings is 3. The summed E-state index contributed by atoms with van der Waals surface area (Å²) in [5.74, 6) is -0.903. The molecule has 2 aliphatic heterocycles. The van der Waals surface area contributed by atoms with E-state index in [2.05, 4.69) is 4.98 Å². The van der Waals surface area contributed by atoms with E-state index in [1.165, 1.54) is 12.3 Å². The second-order valence-electron chi connectivity index (χ2n) is 11.2. The summed E-state index contributed by atoms with van der Waals surface area (Å²) >= 11 is 0. The zero-order chi connectivity index (χ0) is 29.7. The second-order valence-corrected chi connectivity index (χ2v) is 11.2. The summed E-state index contributed by atoms with van der Waals surface area (Å²) in [5, 5.41) is 16.9. The Labute approximate surface area is 275 Å². The zero-order valence-corrected chi connectivity index (χ0v) is 26.4. The number of aryl methyl sites for hydroxylation is 1. The Morgan fingerprint density at radius 3 is 2.43 bits per heavy atom. The van der Waals surface area contributed by atoms with E-state index in [1.807, 2.05) is 65.0 Å². The standard InChI is InChI=1S/C34H28N4O5.Na/c1-21-27-17-23(7-9-29(27)38(36-21)26-5-3-2-4-6-26)32(40)37-13-11-34(12-14-37)18-30(39)28-16-22(8-10-31(28)43-34)24-15-25(33(41)42)20-35-19-24;/h2-10,15-17,19-20H,11-14,18H2,1H3,(H,41,42);/q;+1/p-1. The van der Waals surface area contributed by atoms with Crippen molar-refractivity contribution in [3.63, 3.8) is 0 Å². The Morgan fingerprint density at radius 2 is 1.68 bits per heavy atom. The van der Waals surface area contributed by atoms with Gasteiger partial charge in [-0.25, -0.2) is 4.68 Å². The van der Waals surface area contributed by atoms with Gasteiger partial charge in [0.2, 0.25) is 0 Å². The van der Waals surface area contributed by atoms with Crippen LogP contribution in [0.15, 0.2) is 85.2 Å². The van der Waals surface area contributed by atoms with Crippen LogP contribution in [0, 0.1) is 6.92 Å². The first kappa shape index (κ1) is 29.7. The van der Waals surface area contributed by atoms with E-state index in [0.29, 0.717) is 53.9 Å². The Morgan fingerprint density at radius 1 is 0.909 bits per heavy atom. The van der Waals surface area contributed by atoms with Crippen molar-refractivity contribution in [2.75, 3.05) is 13.1 Å². The number of ether oxygens (including phenoxy) is 1. The number of piperidine rings is 1. The summed E-state index contributed by atoms with van der Waals surface area (Å²) < 4.78 is 8.34. The minimum Gasteiger partial charge on any atom is -0.545 e. The van der Waals surface area contributed by atoms with Crippen LogP contribution in [-0.4, -0.2) is 56.0 Å². The first-order valence-corrected chi connectivity index (χ1v) is 14.2. The molecule has 0 N–H and O–H groups in total. The van der Waals surface area contributed by atoms with Crippen LogP contribution in [0.4, 0.5) is 0 Å². The van der Waals surface area contributed by atoms with E-state index in [4.69, 9.17) is 9.84 Å². The van der Waals surface area contributed by atoms with Gasteiger partial charge in [0.25, 0.3) is 5.91 Å².